The highest BCUT2D eigenvalue weighted by atomic mass is 16.5. The number of nitrogens with zero attached hydrogens (tertiary/aromatic N) is 1. The summed E-state index contributed by atoms with van der Waals surface area (Å²) in [5.41, 5.74) is 5.54. The zero-order valence-electron chi connectivity index (χ0n) is 13.3. The van der Waals surface area contributed by atoms with E-state index < -0.39 is 24.4 Å². The Hall–Kier alpha value is -3.55. The van der Waals surface area contributed by atoms with Gasteiger partial charge in [0.15, 0.2) is 12.4 Å². The predicted octanol–water partition coefficient (Wildman–Crippen LogP) is 1.39. The summed E-state index contributed by atoms with van der Waals surface area (Å²) in [6.07, 6.45) is 2.98. The summed E-state index contributed by atoms with van der Waals surface area (Å²) in [6.45, 7) is -0.527. The summed E-state index contributed by atoms with van der Waals surface area (Å²) < 4.78 is 11.7. The first kappa shape index (κ1) is 16.3. The van der Waals surface area contributed by atoms with E-state index in [0.717, 1.165) is 10.9 Å². The molecule has 8 nitrogen and oxygen atoms in total. The van der Waals surface area contributed by atoms with Gasteiger partial charge in [0.2, 0.25) is 0 Å². The Balaban J connectivity index is 1.55. The Morgan fingerprint density at radius 1 is 1.12 bits per heavy atom. The van der Waals surface area contributed by atoms with Crippen molar-refractivity contribution in [2.45, 2.75) is 0 Å². The lowest BCUT2D eigenvalue weighted by Crippen LogP contribution is -2.43. The lowest BCUT2D eigenvalue weighted by Gasteiger charge is -2.06. The van der Waals surface area contributed by atoms with Crippen LogP contribution in [0.25, 0.3) is 10.9 Å². The first-order valence-corrected chi connectivity index (χ1v) is 7.40. The molecule has 8 heteroatoms. The van der Waals surface area contributed by atoms with E-state index in [1.54, 1.807) is 22.9 Å². The van der Waals surface area contributed by atoms with Crippen LogP contribution in [0.4, 0.5) is 0 Å². The van der Waals surface area contributed by atoms with E-state index in [2.05, 4.69) is 10.9 Å². The second kappa shape index (κ2) is 6.91. The van der Waals surface area contributed by atoms with Crippen LogP contribution in [-0.4, -0.2) is 29.0 Å². The average molecular weight is 341 g/mol. The smallest absolute Gasteiger partial charge is 0.340 e. The number of nitrogens with one attached hydrogen (secondary N) is 2. The van der Waals surface area contributed by atoms with Crippen LogP contribution in [0.2, 0.25) is 0 Å². The molecule has 2 N–H and O–H groups in total. The number of ether oxygens (including phenoxy) is 1. The predicted molar refractivity (Wildman–Crippen MR) is 87.5 cm³/mol. The van der Waals surface area contributed by atoms with Crippen molar-refractivity contribution in [1.29, 1.82) is 0 Å². The van der Waals surface area contributed by atoms with Crippen LogP contribution in [0.3, 0.4) is 0 Å². The highest BCUT2D eigenvalue weighted by molar-refractivity contribution is 6.04. The monoisotopic (exact) mass is 341 g/mol. The minimum atomic E-state index is -0.673. The molecule has 0 aliphatic carbocycles. The third kappa shape index (κ3) is 3.52. The minimum absolute atomic E-state index is 0.0491. The molecular formula is C17H15N3O5. The van der Waals surface area contributed by atoms with Gasteiger partial charge in [-0.2, -0.15) is 0 Å². The van der Waals surface area contributed by atoms with Gasteiger partial charge >= 0.3 is 11.9 Å². The van der Waals surface area contributed by atoms with Crippen molar-refractivity contribution < 1.29 is 23.5 Å². The number of esters is 1. The van der Waals surface area contributed by atoms with Gasteiger partial charge in [-0.3, -0.25) is 20.4 Å². The molecule has 0 aliphatic heterocycles. The standard InChI is InChI=1S/C17H15N3O5/c1-20-9-12(11-5-2-3-6-13(11)20)17(23)25-10-15(21)18-19-16(22)14-7-4-8-24-14/h2-9H,10H2,1H3,(H,18,21)(H,19,22). The van der Waals surface area contributed by atoms with E-state index in [9.17, 15) is 14.4 Å². The van der Waals surface area contributed by atoms with E-state index in [0.29, 0.717) is 5.56 Å². The number of rotatable bonds is 4. The fourth-order valence-corrected chi connectivity index (χ4v) is 2.35. The third-order valence-electron chi connectivity index (χ3n) is 3.51. The van der Waals surface area contributed by atoms with Gasteiger partial charge in [-0.05, 0) is 18.2 Å². The van der Waals surface area contributed by atoms with Crippen LogP contribution in [0.15, 0.2) is 53.3 Å². The molecular weight excluding hydrogens is 326 g/mol. The molecule has 0 saturated heterocycles. The summed E-state index contributed by atoms with van der Waals surface area (Å²) >= 11 is 0. The van der Waals surface area contributed by atoms with Gasteiger partial charge in [-0.25, -0.2) is 4.79 Å². The minimum Gasteiger partial charge on any atom is -0.459 e. The molecule has 3 rings (SSSR count). The van der Waals surface area contributed by atoms with Crippen LogP contribution < -0.4 is 10.9 Å². The molecule has 0 unspecified atom stereocenters. The second-order valence-electron chi connectivity index (χ2n) is 5.23. The highest BCUT2D eigenvalue weighted by Gasteiger charge is 2.16. The number of hydrogen-bond acceptors (Lipinski definition) is 5. The number of carbonyl (C=O) groups excluding carboxylic acids is 3. The average Bonchev–Trinajstić information content (AvgIpc) is 3.26. The van der Waals surface area contributed by atoms with Gasteiger partial charge in [-0.15, -0.1) is 0 Å². The molecule has 0 saturated carbocycles. The number of aromatic nitrogens is 1. The SMILES string of the molecule is Cn1cc(C(=O)OCC(=O)NNC(=O)c2ccco2)c2ccccc21. The van der Waals surface area contributed by atoms with Gasteiger partial charge in [0, 0.05) is 24.1 Å². The summed E-state index contributed by atoms with van der Waals surface area (Å²) in [5, 5.41) is 0.738. The van der Waals surface area contributed by atoms with Crippen molar-refractivity contribution in [2.75, 3.05) is 6.61 Å². The van der Waals surface area contributed by atoms with Gasteiger partial charge in [0.25, 0.3) is 5.91 Å². The summed E-state index contributed by atoms with van der Waals surface area (Å²) in [7, 11) is 1.82. The van der Waals surface area contributed by atoms with E-state index >= 15 is 0 Å². The number of fused-ring (bicyclic) bond motifs is 1. The lowest BCUT2D eigenvalue weighted by molar-refractivity contribution is -0.125. The molecule has 0 aliphatic rings. The summed E-state index contributed by atoms with van der Waals surface area (Å²) in [6, 6.07) is 10.4. The van der Waals surface area contributed by atoms with E-state index in [4.69, 9.17) is 9.15 Å². The molecule has 0 radical (unpaired) electrons. The maximum absolute atomic E-state index is 12.2. The molecule has 25 heavy (non-hydrogen) atoms. The van der Waals surface area contributed by atoms with Crippen molar-refractivity contribution in [1.82, 2.24) is 15.4 Å². The number of aryl methyl sites for hydroxylation is 1. The van der Waals surface area contributed by atoms with E-state index in [1.165, 1.54) is 12.3 Å². The lowest BCUT2D eigenvalue weighted by atomic mass is 10.2. The zero-order chi connectivity index (χ0) is 17.8. The molecule has 3 aromatic rings. The van der Waals surface area contributed by atoms with Crippen LogP contribution in [0.5, 0.6) is 0 Å². The molecule has 0 bridgehead atoms. The maximum Gasteiger partial charge on any atom is 0.340 e. The van der Waals surface area contributed by atoms with Crippen LogP contribution >= 0.6 is 0 Å². The van der Waals surface area contributed by atoms with Crippen molar-refractivity contribution in [3.05, 3.63) is 60.2 Å². The van der Waals surface area contributed by atoms with Crippen LogP contribution in [0.1, 0.15) is 20.9 Å². The topological polar surface area (TPSA) is 103 Å². The van der Waals surface area contributed by atoms with Crippen molar-refractivity contribution >= 4 is 28.7 Å². The van der Waals surface area contributed by atoms with Crippen LogP contribution in [-0.2, 0) is 16.6 Å². The molecule has 2 aromatic heterocycles. The Morgan fingerprint density at radius 3 is 2.68 bits per heavy atom. The second-order valence-corrected chi connectivity index (χ2v) is 5.23. The van der Waals surface area contributed by atoms with Gasteiger partial charge in [-0.1, -0.05) is 18.2 Å². The number of furan rings is 1. The number of hydrogen-bond donors (Lipinski definition) is 2. The molecule has 128 valence electrons. The van der Waals surface area contributed by atoms with Crippen molar-refractivity contribution in [2.24, 2.45) is 7.05 Å². The Labute approximate surface area is 142 Å². The summed E-state index contributed by atoms with van der Waals surface area (Å²) in [4.78, 5) is 35.5. The Bertz CT molecular complexity index is 927. The van der Waals surface area contributed by atoms with Gasteiger partial charge < -0.3 is 13.7 Å². The molecule has 0 spiro atoms. The number of carbonyl (C=O) groups is 3. The molecule has 2 heterocycles. The largest absolute Gasteiger partial charge is 0.459 e. The first-order valence-electron chi connectivity index (χ1n) is 7.40. The van der Waals surface area contributed by atoms with E-state index in [1.807, 2.05) is 25.2 Å². The molecule has 1 aromatic carbocycles. The quantitative estimate of drug-likeness (QED) is 0.551. The maximum atomic E-state index is 12.2. The van der Waals surface area contributed by atoms with Gasteiger partial charge in [0.05, 0.1) is 11.8 Å². The fourth-order valence-electron chi connectivity index (χ4n) is 2.35. The van der Waals surface area contributed by atoms with Crippen molar-refractivity contribution in [3.63, 3.8) is 0 Å². The zero-order valence-corrected chi connectivity index (χ0v) is 13.3. The number of hydrazine groups is 1. The fraction of sp³-hybridized carbons (Fsp3) is 0.118. The highest BCUT2D eigenvalue weighted by Crippen LogP contribution is 2.20. The Kier molecular flexibility index (Phi) is 4.51. The molecule has 0 atom stereocenters. The molecule has 2 amide bonds. The van der Waals surface area contributed by atoms with Crippen molar-refractivity contribution in [3.8, 4) is 0 Å². The Morgan fingerprint density at radius 2 is 1.92 bits per heavy atom. The number of amides is 2. The number of benzene rings is 1. The normalized spacial score (nSPS) is 10.4. The van der Waals surface area contributed by atoms with E-state index in [-0.39, 0.29) is 5.76 Å². The first-order chi connectivity index (χ1) is 12.1. The van der Waals surface area contributed by atoms with Crippen LogP contribution in [0, 0.1) is 0 Å². The molecule has 0 fully saturated rings. The summed E-state index contributed by atoms with van der Waals surface area (Å²) in [5.74, 6) is -1.86. The third-order valence-corrected chi connectivity index (χ3v) is 3.51. The van der Waals surface area contributed by atoms with Gasteiger partial charge in [0.1, 0.15) is 0 Å². The number of para-hydroxylation sites is 1.